The number of halogens is 3. The number of benzene rings is 1. The van der Waals surface area contributed by atoms with Gasteiger partial charge in [0.15, 0.2) is 0 Å². The number of ether oxygens (including phenoxy) is 3. The molecule has 7 heteroatoms. The van der Waals surface area contributed by atoms with Crippen molar-refractivity contribution in [3.8, 4) is 11.5 Å². The van der Waals surface area contributed by atoms with E-state index >= 15 is 0 Å². The fraction of sp³-hybridized carbons (Fsp3) is 0.414. The van der Waals surface area contributed by atoms with Crippen LogP contribution >= 0.6 is 0 Å². The summed E-state index contributed by atoms with van der Waals surface area (Å²) in [4.78, 5) is 12.2. The van der Waals surface area contributed by atoms with Crippen molar-refractivity contribution in [3.05, 3.63) is 82.5 Å². The first-order valence-corrected chi connectivity index (χ1v) is 11.8. The summed E-state index contributed by atoms with van der Waals surface area (Å²) in [5.41, 5.74) is 4.78. The van der Waals surface area contributed by atoms with Crippen LogP contribution in [0.15, 0.2) is 76.9 Å². The van der Waals surface area contributed by atoms with E-state index in [1.807, 2.05) is 19.1 Å². The zero-order chi connectivity index (χ0) is 27.0. The van der Waals surface area contributed by atoms with Crippen LogP contribution in [0.4, 0.5) is 13.2 Å². The summed E-state index contributed by atoms with van der Waals surface area (Å²) in [5, 5.41) is 0. The van der Waals surface area contributed by atoms with Gasteiger partial charge in [-0.25, -0.2) is 4.79 Å². The topological polar surface area (TPSA) is 44.8 Å². The van der Waals surface area contributed by atoms with E-state index in [0.29, 0.717) is 23.0 Å². The van der Waals surface area contributed by atoms with Gasteiger partial charge in [0.25, 0.3) is 0 Å². The molecule has 2 rings (SSSR count). The second-order valence-corrected chi connectivity index (χ2v) is 9.25. The molecule has 0 aliphatic heterocycles. The fourth-order valence-electron chi connectivity index (χ4n) is 4.13. The Hall–Kier alpha value is -3.06. The number of rotatable bonds is 8. The van der Waals surface area contributed by atoms with Crippen LogP contribution in [0.25, 0.3) is 0 Å². The van der Waals surface area contributed by atoms with Gasteiger partial charge in [0.05, 0.1) is 6.10 Å². The van der Waals surface area contributed by atoms with E-state index in [0.717, 1.165) is 24.1 Å². The van der Waals surface area contributed by atoms with Gasteiger partial charge in [0, 0.05) is 13.2 Å². The molecule has 0 aromatic heterocycles. The highest BCUT2D eigenvalue weighted by atomic mass is 19.4. The van der Waals surface area contributed by atoms with Gasteiger partial charge in [0.2, 0.25) is 0 Å². The lowest BCUT2D eigenvalue weighted by Crippen LogP contribution is -2.31. The predicted octanol–water partition coefficient (Wildman–Crippen LogP) is 7.81. The van der Waals surface area contributed by atoms with Gasteiger partial charge >= 0.3 is 12.3 Å². The highest BCUT2D eigenvalue weighted by molar-refractivity contribution is 5.85. The van der Waals surface area contributed by atoms with Gasteiger partial charge in [-0.2, -0.15) is 0 Å². The summed E-state index contributed by atoms with van der Waals surface area (Å²) < 4.78 is 51.8. The van der Waals surface area contributed by atoms with E-state index in [4.69, 9.17) is 9.47 Å². The third-order valence-electron chi connectivity index (χ3n) is 6.35. The highest BCUT2D eigenvalue weighted by Gasteiger charge is 2.31. The van der Waals surface area contributed by atoms with E-state index in [9.17, 15) is 18.0 Å². The Morgan fingerprint density at radius 1 is 1.08 bits per heavy atom. The second kappa shape index (κ2) is 12.8. The first-order valence-electron chi connectivity index (χ1n) is 11.8. The summed E-state index contributed by atoms with van der Waals surface area (Å²) >= 11 is 0. The molecule has 0 N–H and O–H groups in total. The Kier molecular flexibility index (Phi) is 10.3. The number of methoxy groups -OCH3 is 1. The lowest BCUT2D eigenvalue weighted by molar-refractivity contribution is -0.274. The van der Waals surface area contributed by atoms with E-state index in [1.54, 1.807) is 20.1 Å². The zero-order valence-electron chi connectivity index (χ0n) is 21.9. The van der Waals surface area contributed by atoms with Crippen molar-refractivity contribution in [1.82, 2.24) is 0 Å². The van der Waals surface area contributed by atoms with Crippen molar-refractivity contribution in [3.63, 3.8) is 0 Å². The van der Waals surface area contributed by atoms with Gasteiger partial charge < -0.3 is 14.2 Å². The molecule has 0 spiro atoms. The minimum Gasteiger partial charge on any atom is -0.423 e. The number of esters is 1. The molecule has 1 aromatic rings. The first kappa shape index (κ1) is 29.2. The van der Waals surface area contributed by atoms with Gasteiger partial charge in [-0.15, -0.1) is 13.2 Å². The van der Waals surface area contributed by atoms with Gasteiger partial charge in [-0.3, -0.25) is 0 Å². The maximum atomic E-state index is 12.3. The molecule has 1 aliphatic carbocycles. The van der Waals surface area contributed by atoms with E-state index < -0.39 is 12.3 Å². The Morgan fingerprint density at radius 3 is 2.39 bits per heavy atom. The summed E-state index contributed by atoms with van der Waals surface area (Å²) in [6.45, 7) is 11.9. The molecule has 36 heavy (non-hydrogen) atoms. The van der Waals surface area contributed by atoms with Crippen molar-refractivity contribution in [2.24, 2.45) is 11.8 Å². The summed E-state index contributed by atoms with van der Waals surface area (Å²) in [5.74, 6) is 0.0314. The van der Waals surface area contributed by atoms with Crippen LogP contribution in [0.5, 0.6) is 11.5 Å². The minimum absolute atomic E-state index is 0.163. The van der Waals surface area contributed by atoms with Gasteiger partial charge in [-0.1, -0.05) is 55.4 Å². The molecule has 4 nitrogen and oxygen atoms in total. The Bertz CT molecular complexity index is 1090. The second-order valence-electron chi connectivity index (χ2n) is 9.25. The van der Waals surface area contributed by atoms with Crippen LogP contribution in [0.2, 0.25) is 0 Å². The maximum absolute atomic E-state index is 12.3. The summed E-state index contributed by atoms with van der Waals surface area (Å²) in [7, 11) is 1.77. The SMILES string of the molecule is COC1CC(C)=C(/C=C/C(C)=C/C=C/C(C)=C/C(=O)Oc2ccc(OC(F)(F)F)cc2C)C(C)C1C. The van der Waals surface area contributed by atoms with Crippen molar-refractivity contribution >= 4 is 5.97 Å². The third-order valence-corrected chi connectivity index (χ3v) is 6.35. The van der Waals surface area contributed by atoms with Crippen molar-refractivity contribution in [1.29, 1.82) is 0 Å². The molecule has 1 aromatic carbocycles. The van der Waals surface area contributed by atoms with Crippen molar-refractivity contribution in [2.45, 2.75) is 60.4 Å². The Morgan fingerprint density at radius 2 is 1.78 bits per heavy atom. The molecular formula is C29H35F3O4. The molecule has 0 bridgehead atoms. The van der Waals surface area contributed by atoms with Crippen LogP contribution < -0.4 is 9.47 Å². The van der Waals surface area contributed by atoms with E-state index in [2.05, 4.69) is 37.7 Å². The Labute approximate surface area is 211 Å². The average molecular weight is 505 g/mol. The monoisotopic (exact) mass is 504 g/mol. The molecule has 0 saturated carbocycles. The molecule has 0 radical (unpaired) electrons. The van der Waals surface area contributed by atoms with Crippen LogP contribution in [-0.2, 0) is 9.53 Å². The summed E-state index contributed by atoms with van der Waals surface area (Å²) in [6, 6.07) is 3.53. The molecule has 1 aliphatic rings. The number of allylic oxidation sites excluding steroid dienone is 8. The van der Waals surface area contributed by atoms with Crippen molar-refractivity contribution < 1.29 is 32.2 Å². The normalized spacial score (nSPS) is 22.0. The van der Waals surface area contributed by atoms with Crippen LogP contribution in [0, 0.1) is 18.8 Å². The maximum Gasteiger partial charge on any atom is 0.573 e. The zero-order valence-corrected chi connectivity index (χ0v) is 21.9. The first-order chi connectivity index (χ1) is 16.8. The molecule has 196 valence electrons. The minimum atomic E-state index is -4.78. The number of alkyl halides is 3. The van der Waals surface area contributed by atoms with Crippen LogP contribution in [0.3, 0.4) is 0 Å². The molecule has 0 heterocycles. The smallest absolute Gasteiger partial charge is 0.423 e. The fourth-order valence-corrected chi connectivity index (χ4v) is 4.13. The van der Waals surface area contributed by atoms with Gasteiger partial charge in [0.1, 0.15) is 11.5 Å². The van der Waals surface area contributed by atoms with E-state index in [1.165, 1.54) is 30.2 Å². The van der Waals surface area contributed by atoms with E-state index in [-0.39, 0.29) is 17.6 Å². The van der Waals surface area contributed by atoms with Crippen molar-refractivity contribution in [2.75, 3.05) is 7.11 Å². The number of hydrogen-bond acceptors (Lipinski definition) is 4. The quantitative estimate of drug-likeness (QED) is 0.157. The largest absolute Gasteiger partial charge is 0.573 e. The molecule has 0 amide bonds. The molecule has 3 unspecified atom stereocenters. The standard InChI is InChI=1S/C29H35F3O4/c1-18(11-13-25-20(3)17-27(34-7)23(6)22(25)5)9-8-10-19(2)15-28(33)35-26-14-12-24(16-21(26)4)36-29(30,31)32/h8-16,22-23,27H,17H2,1-7H3/b10-8+,13-11+,18-9+,19-15+. The number of hydrogen-bond donors (Lipinski definition) is 0. The predicted molar refractivity (Wildman–Crippen MR) is 136 cm³/mol. The van der Waals surface area contributed by atoms with Crippen LogP contribution in [-0.4, -0.2) is 25.5 Å². The molecule has 0 saturated heterocycles. The van der Waals surface area contributed by atoms with Crippen LogP contribution in [0.1, 0.15) is 46.6 Å². The number of carbonyl (C=O) groups is 1. The lowest BCUT2D eigenvalue weighted by atomic mass is 9.75. The lowest BCUT2D eigenvalue weighted by Gasteiger charge is -2.35. The molecule has 3 atom stereocenters. The summed E-state index contributed by atoms with van der Waals surface area (Å²) in [6.07, 6.45) is 7.58. The Balaban J connectivity index is 1.98. The highest BCUT2D eigenvalue weighted by Crippen LogP contribution is 2.36. The number of carbonyl (C=O) groups excluding carboxylic acids is 1. The third kappa shape index (κ3) is 8.86. The van der Waals surface area contributed by atoms with Gasteiger partial charge in [-0.05, 0) is 80.9 Å². The molecular weight excluding hydrogens is 469 g/mol. The molecule has 0 fully saturated rings. The number of aryl methyl sites for hydroxylation is 1. The average Bonchev–Trinajstić information content (AvgIpc) is 2.76.